The predicted molar refractivity (Wildman–Crippen MR) is 318 cm³/mol. The third-order valence-corrected chi connectivity index (χ3v) is 14.3. The number of allylic oxidation sites excluding steroid dienone is 13. The average molecular weight is 1040 g/mol. The van der Waals surface area contributed by atoms with E-state index in [-0.39, 0.29) is 19.1 Å². The van der Waals surface area contributed by atoms with Crippen molar-refractivity contribution < 1.29 is 32.9 Å². The number of aliphatic hydroxyl groups excluding tert-OH is 1. The van der Waals surface area contributed by atoms with E-state index in [2.05, 4.69) is 92.1 Å². The topological polar surface area (TPSA) is 105 Å². The van der Waals surface area contributed by atoms with Crippen LogP contribution >= 0.6 is 7.82 Å². The van der Waals surface area contributed by atoms with E-state index >= 15 is 0 Å². The summed E-state index contributed by atoms with van der Waals surface area (Å²) in [4.78, 5) is 23.2. The molecule has 0 bridgehead atoms. The van der Waals surface area contributed by atoms with Gasteiger partial charge in [0, 0.05) is 6.42 Å². The van der Waals surface area contributed by atoms with Gasteiger partial charge in [-0.3, -0.25) is 13.8 Å². The number of rotatable bonds is 55. The fraction of sp³-hybridized carbons (Fsp3) is 0.766. The maximum Gasteiger partial charge on any atom is 0.472 e. The smallest absolute Gasteiger partial charge is 0.387 e. The van der Waals surface area contributed by atoms with Crippen molar-refractivity contribution in [1.82, 2.24) is 5.32 Å². The zero-order chi connectivity index (χ0) is 53.5. The lowest BCUT2D eigenvalue weighted by Crippen LogP contribution is -2.45. The van der Waals surface area contributed by atoms with Crippen molar-refractivity contribution in [2.75, 3.05) is 40.9 Å². The first-order valence-electron chi connectivity index (χ1n) is 30.5. The first kappa shape index (κ1) is 70.7. The Bertz CT molecular complexity index is 1460. The summed E-state index contributed by atoms with van der Waals surface area (Å²) >= 11 is 0. The van der Waals surface area contributed by atoms with Crippen LogP contribution in [0.5, 0.6) is 0 Å². The summed E-state index contributed by atoms with van der Waals surface area (Å²) < 4.78 is 23.6. The molecule has 0 heterocycles. The van der Waals surface area contributed by atoms with Crippen molar-refractivity contribution in [3.05, 3.63) is 85.1 Å². The molecule has 0 aliphatic heterocycles. The molecule has 1 amide bonds. The summed E-state index contributed by atoms with van der Waals surface area (Å²) in [6.45, 7) is 4.63. The molecule has 424 valence electrons. The second-order valence-corrected chi connectivity index (χ2v) is 23.1. The first-order chi connectivity index (χ1) is 35.5. The van der Waals surface area contributed by atoms with E-state index < -0.39 is 20.0 Å². The maximum absolute atomic E-state index is 12.9. The van der Waals surface area contributed by atoms with Crippen molar-refractivity contribution in [2.45, 2.75) is 276 Å². The number of carbonyl (C=O) groups is 1. The number of likely N-dealkylation sites (N-methyl/N-ethyl adjacent to an activating group) is 1. The molecule has 0 aromatic rings. The van der Waals surface area contributed by atoms with Gasteiger partial charge in [-0.25, -0.2) is 4.57 Å². The number of carbonyl (C=O) groups excluding carboxylic acids is 1. The Labute approximate surface area is 452 Å². The third-order valence-electron chi connectivity index (χ3n) is 13.3. The van der Waals surface area contributed by atoms with Crippen molar-refractivity contribution in [1.29, 1.82) is 0 Å². The molecule has 73 heavy (non-hydrogen) atoms. The normalized spacial score (nSPS) is 14.5. The Morgan fingerprint density at radius 1 is 0.479 bits per heavy atom. The largest absolute Gasteiger partial charge is 0.472 e. The molecule has 0 radical (unpaired) electrons. The quantitative estimate of drug-likeness (QED) is 0.0243. The van der Waals surface area contributed by atoms with Crippen LogP contribution < -0.4 is 5.32 Å². The van der Waals surface area contributed by atoms with Crippen LogP contribution in [0.2, 0.25) is 0 Å². The van der Waals surface area contributed by atoms with Crippen molar-refractivity contribution in [2.24, 2.45) is 0 Å². The highest BCUT2D eigenvalue weighted by Gasteiger charge is 2.27. The number of amides is 1. The second kappa shape index (κ2) is 54.5. The molecule has 0 spiro atoms. The van der Waals surface area contributed by atoms with Crippen LogP contribution in [0.25, 0.3) is 0 Å². The average Bonchev–Trinajstić information content (AvgIpc) is 3.35. The highest BCUT2D eigenvalue weighted by Crippen LogP contribution is 2.43. The van der Waals surface area contributed by atoms with Gasteiger partial charge >= 0.3 is 7.82 Å². The SMILES string of the molecule is CC/C=C\C/C=C\C/C=C\C/C=C\CCCCCCCCCCCCCCCCCCCCCCCCCCCCC(=O)NC(COP(=O)(O)OCC[N+](C)(C)C)C(O)/C=C/CC/C=C/CC/C=C/CCCC. The van der Waals surface area contributed by atoms with E-state index in [1.54, 1.807) is 6.08 Å². The van der Waals surface area contributed by atoms with Crippen molar-refractivity contribution in [3.63, 3.8) is 0 Å². The summed E-state index contributed by atoms with van der Waals surface area (Å²) in [5.41, 5.74) is 0. The standard InChI is InChI=1S/C64H117N2O6P/c1-6-8-10-12-14-16-18-20-21-22-23-24-25-26-27-28-29-30-31-32-33-34-35-36-37-38-39-40-41-42-43-44-45-46-48-50-52-54-56-58-64(68)65-62(61-72-73(69,70)71-60-59-66(3,4)5)63(67)57-55-53-51-49-47-19-17-15-13-11-9-7-2/h8,10,13-16,20-21,23-24,47,49,55,57,62-63,67H,6-7,9,11-12,17-19,22,25-46,48,50-54,56,58-61H2,1-5H3,(H-,65,68,69,70)/p+1/b10-8-,15-13+,16-14-,21-20-,24-23-,49-47+,57-55+. The number of hydrogen-bond acceptors (Lipinski definition) is 5. The molecule has 3 N–H and O–H groups in total. The van der Waals surface area contributed by atoms with Gasteiger partial charge in [0.05, 0.1) is 39.9 Å². The summed E-state index contributed by atoms with van der Waals surface area (Å²) in [6, 6.07) is -0.870. The number of unbranched alkanes of at least 4 members (excludes halogenated alkanes) is 30. The molecule has 0 aliphatic carbocycles. The Balaban J connectivity index is 3.89. The van der Waals surface area contributed by atoms with Gasteiger partial charge in [0.25, 0.3) is 0 Å². The van der Waals surface area contributed by atoms with Gasteiger partial charge in [-0.05, 0) is 77.0 Å². The van der Waals surface area contributed by atoms with Crippen molar-refractivity contribution >= 4 is 13.7 Å². The van der Waals surface area contributed by atoms with Crippen LogP contribution in [-0.2, 0) is 18.4 Å². The lowest BCUT2D eigenvalue weighted by atomic mass is 10.0. The van der Waals surface area contributed by atoms with Crippen molar-refractivity contribution in [3.8, 4) is 0 Å². The summed E-state index contributed by atoms with van der Waals surface area (Å²) in [7, 11) is 1.55. The zero-order valence-corrected chi connectivity index (χ0v) is 49.3. The van der Waals surface area contributed by atoms with Crippen LogP contribution in [0.1, 0.15) is 264 Å². The minimum Gasteiger partial charge on any atom is -0.387 e. The Kier molecular flexibility index (Phi) is 52.7. The highest BCUT2D eigenvalue weighted by atomic mass is 31.2. The highest BCUT2D eigenvalue weighted by molar-refractivity contribution is 7.47. The fourth-order valence-corrected chi connectivity index (χ4v) is 9.32. The molecule has 0 aromatic heterocycles. The third kappa shape index (κ3) is 57.2. The van der Waals surface area contributed by atoms with Gasteiger partial charge in [0.1, 0.15) is 13.2 Å². The van der Waals surface area contributed by atoms with Crippen LogP contribution in [0.4, 0.5) is 0 Å². The second-order valence-electron chi connectivity index (χ2n) is 21.7. The number of nitrogens with zero attached hydrogens (tertiary/aromatic N) is 1. The first-order valence-corrected chi connectivity index (χ1v) is 32.0. The van der Waals surface area contributed by atoms with E-state index in [9.17, 15) is 19.4 Å². The summed E-state index contributed by atoms with van der Waals surface area (Å²) in [5.74, 6) is -0.190. The predicted octanol–water partition coefficient (Wildman–Crippen LogP) is 18.8. The number of phosphoric ester groups is 1. The van der Waals surface area contributed by atoms with E-state index in [4.69, 9.17) is 9.05 Å². The number of hydrogen-bond donors (Lipinski definition) is 3. The Hall–Kier alpha value is -2.32. The molecule has 0 saturated carbocycles. The summed E-state index contributed by atoms with van der Waals surface area (Å²) in [5, 5.41) is 13.8. The number of quaternary nitrogens is 1. The van der Waals surface area contributed by atoms with Gasteiger partial charge in [-0.15, -0.1) is 0 Å². The van der Waals surface area contributed by atoms with Gasteiger partial charge < -0.3 is 19.8 Å². The molecule has 8 nitrogen and oxygen atoms in total. The molecule has 0 aliphatic rings. The van der Waals surface area contributed by atoms with E-state index in [1.165, 1.54) is 167 Å². The monoisotopic (exact) mass is 1040 g/mol. The summed E-state index contributed by atoms with van der Waals surface area (Å²) in [6.07, 6.45) is 77.3. The number of phosphoric acid groups is 1. The lowest BCUT2D eigenvalue weighted by molar-refractivity contribution is -0.870. The van der Waals surface area contributed by atoms with E-state index in [0.717, 1.165) is 77.0 Å². The molecule has 3 atom stereocenters. The maximum atomic E-state index is 12.9. The molecular formula is C64H118N2O6P+. The lowest BCUT2D eigenvalue weighted by Gasteiger charge is -2.25. The van der Waals surface area contributed by atoms with Crippen LogP contribution in [0.15, 0.2) is 85.1 Å². The molecule has 3 unspecified atom stereocenters. The van der Waals surface area contributed by atoms with Crippen LogP contribution in [0.3, 0.4) is 0 Å². The van der Waals surface area contributed by atoms with E-state index in [0.29, 0.717) is 17.4 Å². The number of nitrogens with one attached hydrogen (secondary N) is 1. The van der Waals surface area contributed by atoms with E-state index in [1.807, 2.05) is 27.2 Å². The zero-order valence-electron chi connectivity index (χ0n) is 48.4. The molecule has 0 saturated heterocycles. The Morgan fingerprint density at radius 2 is 0.836 bits per heavy atom. The van der Waals surface area contributed by atoms with Gasteiger partial charge in [0.15, 0.2) is 0 Å². The minimum atomic E-state index is -4.35. The molecular weight excluding hydrogens is 924 g/mol. The molecule has 0 fully saturated rings. The van der Waals surface area contributed by atoms with Gasteiger partial charge in [0.2, 0.25) is 5.91 Å². The minimum absolute atomic E-state index is 0.0525. The molecule has 0 aromatic carbocycles. The Morgan fingerprint density at radius 3 is 1.26 bits per heavy atom. The number of aliphatic hydroxyl groups is 1. The van der Waals surface area contributed by atoms with Crippen LogP contribution in [-0.4, -0.2) is 73.4 Å². The fourth-order valence-electron chi connectivity index (χ4n) is 8.58. The van der Waals surface area contributed by atoms with Gasteiger partial charge in [-0.2, -0.15) is 0 Å². The molecule has 0 rings (SSSR count). The van der Waals surface area contributed by atoms with Crippen LogP contribution in [0, 0.1) is 0 Å². The molecule has 9 heteroatoms. The van der Waals surface area contributed by atoms with Gasteiger partial charge in [-0.1, -0.05) is 266 Å².